The van der Waals surface area contributed by atoms with Crippen LogP contribution in [0.3, 0.4) is 0 Å². The summed E-state index contributed by atoms with van der Waals surface area (Å²) < 4.78 is 7.07. The van der Waals surface area contributed by atoms with E-state index in [1.807, 2.05) is 0 Å². The summed E-state index contributed by atoms with van der Waals surface area (Å²) in [5.74, 6) is 2.13. The molecule has 8 nitrogen and oxygen atoms in total. The molecule has 3 heterocycles. The van der Waals surface area contributed by atoms with E-state index in [2.05, 4.69) is 25.0 Å². The Balaban J connectivity index is 1.10. The van der Waals surface area contributed by atoms with Crippen LogP contribution in [0.5, 0.6) is 0 Å². The van der Waals surface area contributed by atoms with Crippen molar-refractivity contribution in [2.45, 2.75) is 57.5 Å². The molecule has 0 amide bonds. The molecule has 0 unspecified atom stereocenters. The highest BCUT2D eigenvalue weighted by Gasteiger charge is 2.26. The summed E-state index contributed by atoms with van der Waals surface area (Å²) in [6, 6.07) is 1.79. The van der Waals surface area contributed by atoms with E-state index < -0.39 is 0 Å². The van der Waals surface area contributed by atoms with E-state index >= 15 is 0 Å². The van der Waals surface area contributed by atoms with Gasteiger partial charge in [-0.15, -0.1) is 0 Å². The smallest absolute Gasteiger partial charge is 0.267 e. The number of aryl methyl sites for hydroxylation is 2. The summed E-state index contributed by atoms with van der Waals surface area (Å²) in [7, 11) is 0. The zero-order valence-corrected chi connectivity index (χ0v) is 16.3. The van der Waals surface area contributed by atoms with Crippen molar-refractivity contribution in [2.24, 2.45) is 0 Å². The predicted octanol–water partition coefficient (Wildman–Crippen LogP) is 1.20. The van der Waals surface area contributed by atoms with Gasteiger partial charge in [0.25, 0.3) is 5.56 Å². The van der Waals surface area contributed by atoms with Crippen LogP contribution in [-0.2, 0) is 25.9 Å². The largest absolute Gasteiger partial charge is 0.339 e. The second-order valence-corrected chi connectivity index (χ2v) is 8.33. The summed E-state index contributed by atoms with van der Waals surface area (Å²) >= 11 is 0. The maximum absolute atomic E-state index is 12.2. The molecular weight excluding hydrogens is 356 g/mol. The third-order valence-corrected chi connectivity index (χ3v) is 6.42. The Hall–Kier alpha value is -2.06. The average molecular weight is 384 g/mol. The predicted molar refractivity (Wildman–Crippen MR) is 103 cm³/mol. The van der Waals surface area contributed by atoms with E-state index in [9.17, 15) is 4.79 Å². The van der Waals surface area contributed by atoms with E-state index in [0.717, 1.165) is 81.5 Å². The Labute approximate surface area is 164 Å². The van der Waals surface area contributed by atoms with E-state index in [0.29, 0.717) is 12.5 Å². The van der Waals surface area contributed by atoms with Gasteiger partial charge in [-0.05, 0) is 37.7 Å². The Morgan fingerprint density at radius 3 is 2.64 bits per heavy atom. The number of hydrogen-bond donors (Lipinski definition) is 0. The molecule has 5 rings (SSSR count). The number of fused-ring (bicyclic) bond motifs is 1. The minimum absolute atomic E-state index is 0.0404. The quantitative estimate of drug-likeness (QED) is 0.740. The summed E-state index contributed by atoms with van der Waals surface area (Å²) in [5.41, 5.74) is 2.31. The maximum atomic E-state index is 12.2. The number of aromatic nitrogens is 4. The van der Waals surface area contributed by atoms with Gasteiger partial charge in [0.05, 0.1) is 18.8 Å². The molecule has 2 aromatic rings. The molecule has 0 atom stereocenters. The first-order valence-electron chi connectivity index (χ1n) is 10.6. The molecule has 150 valence electrons. The fourth-order valence-corrected chi connectivity index (χ4v) is 4.36. The summed E-state index contributed by atoms with van der Waals surface area (Å²) in [5, 5.41) is 8.74. The third kappa shape index (κ3) is 3.75. The Morgan fingerprint density at radius 1 is 1.04 bits per heavy atom. The van der Waals surface area contributed by atoms with Gasteiger partial charge in [-0.1, -0.05) is 11.6 Å². The van der Waals surface area contributed by atoms with Gasteiger partial charge in [0.15, 0.2) is 5.82 Å². The fraction of sp³-hybridized carbons (Fsp3) is 0.700. The molecule has 0 aromatic carbocycles. The molecule has 0 N–H and O–H groups in total. The van der Waals surface area contributed by atoms with Crippen LogP contribution in [0.4, 0.5) is 0 Å². The van der Waals surface area contributed by atoms with Crippen LogP contribution >= 0.6 is 0 Å². The molecule has 3 aliphatic rings. The van der Waals surface area contributed by atoms with Crippen molar-refractivity contribution in [1.29, 1.82) is 0 Å². The molecular formula is C20H28N6O2. The lowest BCUT2D eigenvalue weighted by molar-refractivity contribution is 0.120. The molecule has 28 heavy (non-hydrogen) atoms. The van der Waals surface area contributed by atoms with Crippen LogP contribution in [0.2, 0.25) is 0 Å². The number of nitrogens with zero attached hydrogens (tertiary/aromatic N) is 6. The molecule has 0 spiro atoms. The summed E-state index contributed by atoms with van der Waals surface area (Å²) in [6.45, 7) is 6.25. The lowest BCUT2D eigenvalue weighted by atomic mass is 9.85. The Bertz CT molecular complexity index is 879. The SMILES string of the molecule is O=c1cc2c(nn1CCN1CCN(Cc3noc(C4CCC4)n3)CC1)CCC2. The number of hydrogen-bond acceptors (Lipinski definition) is 7. The van der Waals surface area contributed by atoms with Crippen molar-refractivity contribution in [3.63, 3.8) is 0 Å². The molecule has 0 bridgehead atoms. The van der Waals surface area contributed by atoms with Gasteiger partial charge < -0.3 is 4.52 Å². The van der Waals surface area contributed by atoms with Crippen LogP contribution in [0, 0.1) is 0 Å². The van der Waals surface area contributed by atoms with Gasteiger partial charge in [0.2, 0.25) is 5.89 Å². The second-order valence-electron chi connectivity index (χ2n) is 8.33. The van der Waals surface area contributed by atoms with E-state index in [4.69, 9.17) is 4.52 Å². The summed E-state index contributed by atoms with van der Waals surface area (Å²) in [4.78, 5) is 21.6. The van der Waals surface area contributed by atoms with Gasteiger partial charge in [0.1, 0.15) is 0 Å². The van der Waals surface area contributed by atoms with Crippen LogP contribution < -0.4 is 5.56 Å². The van der Waals surface area contributed by atoms with Crippen LogP contribution in [0.1, 0.15) is 54.6 Å². The second kappa shape index (κ2) is 7.75. The number of rotatable bonds is 6. The molecule has 0 radical (unpaired) electrons. The van der Waals surface area contributed by atoms with Crippen molar-refractivity contribution >= 4 is 0 Å². The van der Waals surface area contributed by atoms with Gasteiger partial charge in [-0.3, -0.25) is 14.6 Å². The third-order valence-electron chi connectivity index (χ3n) is 6.42. The normalized spacial score (nSPS) is 21.0. The molecule has 1 saturated heterocycles. The van der Waals surface area contributed by atoms with Crippen molar-refractivity contribution in [3.8, 4) is 0 Å². The lowest BCUT2D eigenvalue weighted by Crippen LogP contribution is -2.47. The highest BCUT2D eigenvalue weighted by atomic mass is 16.5. The van der Waals surface area contributed by atoms with Crippen molar-refractivity contribution in [3.05, 3.63) is 39.4 Å². The molecule has 1 saturated carbocycles. The highest BCUT2D eigenvalue weighted by Crippen LogP contribution is 2.35. The monoisotopic (exact) mass is 384 g/mol. The van der Waals surface area contributed by atoms with Gasteiger partial charge in [0, 0.05) is 44.7 Å². The van der Waals surface area contributed by atoms with Gasteiger partial charge in [-0.2, -0.15) is 10.1 Å². The van der Waals surface area contributed by atoms with E-state index in [1.165, 1.54) is 19.3 Å². The first-order valence-corrected chi connectivity index (χ1v) is 10.6. The first-order chi connectivity index (χ1) is 13.7. The van der Waals surface area contributed by atoms with Crippen LogP contribution in [-0.4, -0.2) is 62.4 Å². The topological polar surface area (TPSA) is 80.3 Å². The standard InChI is InChI=1S/C20H28N6O2/c27-19-13-16-5-2-6-17(16)22-26(19)12-11-24-7-9-25(10-8-24)14-18-21-20(28-23-18)15-3-1-4-15/h13,15H,1-12,14H2. The zero-order chi connectivity index (χ0) is 18.9. The molecule has 2 aliphatic carbocycles. The number of piperazine rings is 1. The summed E-state index contributed by atoms with van der Waals surface area (Å²) in [6.07, 6.45) is 6.77. The Morgan fingerprint density at radius 2 is 1.86 bits per heavy atom. The fourth-order valence-electron chi connectivity index (χ4n) is 4.36. The Kier molecular flexibility index (Phi) is 4.98. The molecule has 2 fully saturated rings. The van der Waals surface area contributed by atoms with Crippen LogP contribution in [0.25, 0.3) is 0 Å². The average Bonchev–Trinajstić information content (AvgIpc) is 3.29. The minimum atomic E-state index is 0.0404. The van der Waals surface area contributed by atoms with E-state index in [-0.39, 0.29) is 5.56 Å². The lowest BCUT2D eigenvalue weighted by Gasteiger charge is -2.33. The molecule has 8 heteroatoms. The molecule has 1 aliphatic heterocycles. The van der Waals surface area contributed by atoms with Crippen molar-refractivity contribution < 1.29 is 4.52 Å². The first kappa shape index (κ1) is 18.0. The van der Waals surface area contributed by atoms with E-state index in [1.54, 1.807) is 10.7 Å². The van der Waals surface area contributed by atoms with Crippen LogP contribution in [0.15, 0.2) is 15.4 Å². The van der Waals surface area contributed by atoms with Crippen molar-refractivity contribution in [1.82, 2.24) is 29.7 Å². The van der Waals surface area contributed by atoms with Crippen molar-refractivity contribution in [2.75, 3.05) is 32.7 Å². The zero-order valence-electron chi connectivity index (χ0n) is 16.3. The molecule has 2 aromatic heterocycles. The van der Waals surface area contributed by atoms with Gasteiger partial charge >= 0.3 is 0 Å². The maximum Gasteiger partial charge on any atom is 0.267 e. The van der Waals surface area contributed by atoms with Gasteiger partial charge in [-0.25, -0.2) is 4.68 Å². The minimum Gasteiger partial charge on any atom is -0.339 e. The highest BCUT2D eigenvalue weighted by molar-refractivity contribution is 5.22.